The van der Waals surface area contributed by atoms with Crippen LogP contribution in [0.25, 0.3) is 0 Å². The lowest BCUT2D eigenvalue weighted by atomic mass is 10.1. The van der Waals surface area contributed by atoms with E-state index in [-0.39, 0.29) is 0 Å². The van der Waals surface area contributed by atoms with Gasteiger partial charge in [0.15, 0.2) is 5.96 Å². The number of nitrogens with zero attached hydrogens (tertiary/aromatic N) is 2. The molecule has 1 atom stereocenters. The van der Waals surface area contributed by atoms with Crippen molar-refractivity contribution in [3.63, 3.8) is 0 Å². The zero-order valence-electron chi connectivity index (χ0n) is 17.9. The van der Waals surface area contributed by atoms with Crippen molar-refractivity contribution in [3.8, 4) is 17.2 Å². The van der Waals surface area contributed by atoms with Crippen LogP contribution in [-0.2, 0) is 11.2 Å². The number of hydrogen-bond acceptors (Lipinski definition) is 5. The molecule has 7 nitrogen and oxygen atoms in total. The Hall–Kier alpha value is -2.15. The summed E-state index contributed by atoms with van der Waals surface area (Å²) in [6.07, 6.45) is 1.87. The van der Waals surface area contributed by atoms with Crippen LogP contribution in [0.4, 0.5) is 0 Å². The number of benzene rings is 1. The maximum Gasteiger partial charge on any atom is 0.193 e. The number of ether oxygens (including phenoxy) is 4. The molecule has 1 fully saturated rings. The minimum atomic E-state index is 0.575. The minimum Gasteiger partial charge on any atom is -0.496 e. The Morgan fingerprint density at radius 3 is 2.43 bits per heavy atom. The van der Waals surface area contributed by atoms with E-state index in [1.807, 2.05) is 19.1 Å². The van der Waals surface area contributed by atoms with Crippen molar-refractivity contribution in [2.24, 2.45) is 10.9 Å². The summed E-state index contributed by atoms with van der Waals surface area (Å²) in [5.74, 6) is 3.77. The second kappa shape index (κ2) is 11.6. The summed E-state index contributed by atoms with van der Waals surface area (Å²) < 4.78 is 22.0. The van der Waals surface area contributed by atoms with Crippen molar-refractivity contribution in [1.29, 1.82) is 0 Å². The van der Waals surface area contributed by atoms with E-state index in [1.165, 1.54) is 0 Å². The normalized spacial score (nSPS) is 17.0. The maximum absolute atomic E-state index is 5.59. The van der Waals surface area contributed by atoms with E-state index >= 15 is 0 Å². The molecule has 0 radical (unpaired) electrons. The zero-order valence-corrected chi connectivity index (χ0v) is 17.9. The first-order valence-corrected chi connectivity index (χ1v) is 10.1. The second-order valence-electron chi connectivity index (χ2n) is 6.76. The van der Waals surface area contributed by atoms with E-state index in [2.05, 4.69) is 17.1 Å². The predicted molar refractivity (Wildman–Crippen MR) is 112 cm³/mol. The summed E-state index contributed by atoms with van der Waals surface area (Å²) in [5, 5.41) is 3.42. The summed E-state index contributed by atoms with van der Waals surface area (Å²) in [4.78, 5) is 7.18. The largest absolute Gasteiger partial charge is 0.496 e. The highest BCUT2D eigenvalue weighted by molar-refractivity contribution is 5.80. The summed E-state index contributed by atoms with van der Waals surface area (Å²) in [6, 6.07) is 3.76. The predicted octanol–water partition coefficient (Wildman–Crippen LogP) is 2.58. The summed E-state index contributed by atoms with van der Waals surface area (Å²) >= 11 is 0. The molecule has 1 aliphatic heterocycles. The van der Waals surface area contributed by atoms with Gasteiger partial charge in [-0.05, 0) is 26.7 Å². The molecule has 2 rings (SSSR count). The van der Waals surface area contributed by atoms with Crippen LogP contribution in [0, 0.1) is 5.92 Å². The van der Waals surface area contributed by atoms with Crippen LogP contribution in [0.3, 0.4) is 0 Å². The standard InChI is InChI=1S/C21H35N3O4/c1-6-22-21(24-11-9-16(14-24)15-28-7-2)23-10-8-18-19(26-4)12-17(25-3)13-20(18)27-5/h12-13,16H,6-11,14-15H2,1-5H3,(H,22,23). The third-order valence-corrected chi connectivity index (χ3v) is 4.92. The van der Waals surface area contributed by atoms with Crippen LogP contribution in [0.15, 0.2) is 17.1 Å². The SMILES string of the molecule is CCNC(=NCCc1c(OC)cc(OC)cc1OC)N1CCC(COCC)C1. The van der Waals surface area contributed by atoms with Crippen LogP contribution in [0.5, 0.6) is 17.2 Å². The Morgan fingerprint density at radius 1 is 1.14 bits per heavy atom. The molecule has 0 aromatic heterocycles. The minimum absolute atomic E-state index is 0.575. The fraction of sp³-hybridized carbons (Fsp3) is 0.667. The van der Waals surface area contributed by atoms with Gasteiger partial charge >= 0.3 is 0 Å². The number of likely N-dealkylation sites (tertiary alicyclic amines) is 1. The van der Waals surface area contributed by atoms with Gasteiger partial charge < -0.3 is 29.2 Å². The van der Waals surface area contributed by atoms with Crippen LogP contribution in [-0.4, -0.2) is 71.6 Å². The molecule has 0 amide bonds. The molecule has 0 aliphatic carbocycles. The summed E-state index contributed by atoms with van der Waals surface area (Å²) in [7, 11) is 4.96. The molecule has 1 aliphatic rings. The van der Waals surface area contributed by atoms with Crippen LogP contribution >= 0.6 is 0 Å². The van der Waals surface area contributed by atoms with Gasteiger partial charge in [-0.3, -0.25) is 4.99 Å². The van der Waals surface area contributed by atoms with Gasteiger partial charge in [0.1, 0.15) is 17.2 Å². The van der Waals surface area contributed by atoms with Gasteiger partial charge in [0.25, 0.3) is 0 Å². The lowest BCUT2D eigenvalue weighted by Crippen LogP contribution is -2.40. The molecule has 28 heavy (non-hydrogen) atoms. The van der Waals surface area contributed by atoms with Crippen molar-refractivity contribution in [2.75, 3.05) is 60.7 Å². The fourth-order valence-electron chi connectivity index (χ4n) is 3.47. The van der Waals surface area contributed by atoms with E-state index < -0.39 is 0 Å². The number of rotatable bonds is 10. The Bertz CT molecular complexity index is 611. The highest BCUT2D eigenvalue weighted by atomic mass is 16.5. The number of nitrogens with one attached hydrogen (secondary N) is 1. The van der Waals surface area contributed by atoms with E-state index in [0.29, 0.717) is 18.2 Å². The van der Waals surface area contributed by atoms with Crippen LogP contribution < -0.4 is 19.5 Å². The molecule has 1 aromatic carbocycles. The second-order valence-corrected chi connectivity index (χ2v) is 6.76. The molecule has 1 aromatic rings. The smallest absolute Gasteiger partial charge is 0.193 e. The first-order chi connectivity index (χ1) is 13.7. The summed E-state index contributed by atoms with van der Waals surface area (Å²) in [5.41, 5.74) is 1.00. The summed E-state index contributed by atoms with van der Waals surface area (Å²) in [6.45, 7) is 9.23. The average Bonchev–Trinajstić information content (AvgIpc) is 3.20. The van der Waals surface area contributed by atoms with Crippen molar-refractivity contribution < 1.29 is 18.9 Å². The molecule has 7 heteroatoms. The third-order valence-electron chi connectivity index (χ3n) is 4.92. The maximum atomic E-state index is 5.59. The lowest BCUT2D eigenvalue weighted by Gasteiger charge is -2.22. The van der Waals surface area contributed by atoms with Crippen molar-refractivity contribution in [2.45, 2.75) is 26.7 Å². The first-order valence-electron chi connectivity index (χ1n) is 10.1. The fourth-order valence-corrected chi connectivity index (χ4v) is 3.47. The van der Waals surface area contributed by atoms with Gasteiger partial charge in [-0.25, -0.2) is 0 Å². The van der Waals surface area contributed by atoms with Gasteiger partial charge in [0.2, 0.25) is 0 Å². The van der Waals surface area contributed by atoms with Gasteiger partial charge in [-0.1, -0.05) is 0 Å². The van der Waals surface area contributed by atoms with Gasteiger partial charge in [0.05, 0.1) is 27.9 Å². The van der Waals surface area contributed by atoms with Crippen molar-refractivity contribution in [3.05, 3.63) is 17.7 Å². The molecule has 1 unspecified atom stereocenters. The van der Waals surface area contributed by atoms with Gasteiger partial charge in [-0.15, -0.1) is 0 Å². The first kappa shape index (κ1) is 22.1. The Kier molecular flexibility index (Phi) is 9.20. The third kappa shape index (κ3) is 5.92. The van der Waals surface area contributed by atoms with Crippen molar-refractivity contribution in [1.82, 2.24) is 10.2 Å². The molecule has 0 saturated carbocycles. The number of guanidine groups is 1. The molecular weight excluding hydrogens is 358 g/mol. The monoisotopic (exact) mass is 393 g/mol. The lowest BCUT2D eigenvalue weighted by molar-refractivity contribution is 0.114. The number of methoxy groups -OCH3 is 3. The molecule has 1 saturated heterocycles. The topological polar surface area (TPSA) is 64.6 Å². The Morgan fingerprint density at radius 2 is 1.86 bits per heavy atom. The molecular formula is C21H35N3O4. The molecule has 0 bridgehead atoms. The Balaban J connectivity index is 2.06. The van der Waals surface area contributed by atoms with Crippen LogP contribution in [0.1, 0.15) is 25.8 Å². The zero-order chi connectivity index (χ0) is 20.4. The average molecular weight is 394 g/mol. The number of aliphatic imine (C=N–C) groups is 1. The molecule has 1 heterocycles. The van der Waals surface area contributed by atoms with E-state index in [0.717, 1.165) is 68.7 Å². The van der Waals surface area contributed by atoms with E-state index in [9.17, 15) is 0 Å². The molecule has 158 valence electrons. The van der Waals surface area contributed by atoms with E-state index in [1.54, 1.807) is 21.3 Å². The highest BCUT2D eigenvalue weighted by Crippen LogP contribution is 2.34. The van der Waals surface area contributed by atoms with Gasteiger partial charge in [0, 0.05) is 56.4 Å². The van der Waals surface area contributed by atoms with E-state index in [4.69, 9.17) is 23.9 Å². The molecule has 1 N–H and O–H groups in total. The highest BCUT2D eigenvalue weighted by Gasteiger charge is 2.25. The Labute approximate surface area is 169 Å². The van der Waals surface area contributed by atoms with Gasteiger partial charge in [-0.2, -0.15) is 0 Å². The van der Waals surface area contributed by atoms with Crippen molar-refractivity contribution >= 4 is 5.96 Å². The molecule has 0 spiro atoms. The number of hydrogen-bond donors (Lipinski definition) is 1. The van der Waals surface area contributed by atoms with Crippen LogP contribution in [0.2, 0.25) is 0 Å². The quantitative estimate of drug-likeness (QED) is 0.487.